The van der Waals surface area contributed by atoms with Gasteiger partial charge in [0.2, 0.25) is 0 Å². The fourth-order valence-electron chi connectivity index (χ4n) is 4.16. The monoisotopic (exact) mass is 346 g/mol. The largest absolute Gasteiger partial charge is 0.360 e. The van der Waals surface area contributed by atoms with Crippen molar-refractivity contribution >= 4 is 17.3 Å². The van der Waals surface area contributed by atoms with Crippen LogP contribution in [0.5, 0.6) is 0 Å². The van der Waals surface area contributed by atoms with Crippen LogP contribution >= 0.6 is 12.2 Å². The lowest BCUT2D eigenvalue weighted by molar-refractivity contribution is -0.918. The molecular formula is C20H32N3S+. The Kier molecular flexibility index (Phi) is 6.50. The fraction of sp³-hybridized carbons (Fsp3) is 0.650. The molecule has 1 aliphatic heterocycles. The van der Waals surface area contributed by atoms with Crippen molar-refractivity contribution in [2.24, 2.45) is 5.92 Å². The highest BCUT2D eigenvalue weighted by molar-refractivity contribution is 7.80. The SMILES string of the molecule is C[C@@H]1CCCC[C@@H]1NC(=S)NC1CC[NH+](Cc2ccccc2)CC1. The van der Waals surface area contributed by atoms with Crippen molar-refractivity contribution in [1.29, 1.82) is 0 Å². The summed E-state index contributed by atoms with van der Waals surface area (Å²) in [6.45, 7) is 5.96. The smallest absolute Gasteiger partial charge is 0.166 e. The molecule has 1 heterocycles. The molecule has 0 bridgehead atoms. The fourth-order valence-corrected chi connectivity index (χ4v) is 4.48. The summed E-state index contributed by atoms with van der Waals surface area (Å²) < 4.78 is 0. The zero-order valence-electron chi connectivity index (χ0n) is 14.9. The molecule has 1 aliphatic carbocycles. The molecule has 1 aromatic rings. The minimum atomic E-state index is 0.545. The molecule has 0 spiro atoms. The highest BCUT2D eigenvalue weighted by atomic mass is 32.1. The molecule has 0 aromatic heterocycles. The quantitative estimate of drug-likeness (QED) is 0.731. The number of nitrogens with one attached hydrogen (secondary N) is 3. The van der Waals surface area contributed by atoms with Gasteiger partial charge in [0.05, 0.1) is 13.1 Å². The third kappa shape index (κ3) is 5.18. The number of benzene rings is 1. The molecule has 1 saturated carbocycles. The van der Waals surface area contributed by atoms with E-state index in [1.54, 1.807) is 4.90 Å². The normalized spacial score (nSPS) is 30.5. The second-order valence-corrected chi connectivity index (χ2v) is 8.08. The van der Waals surface area contributed by atoms with Crippen LogP contribution in [-0.2, 0) is 6.54 Å². The zero-order chi connectivity index (χ0) is 16.8. The Morgan fingerprint density at radius 1 is 1.04 bits per heavy atom. The van der Waals surface area contributed by atoms with E-state index in [1.807, 2.05) is 0 Å². The van der Waals surface area contributed by atoms with Crippen LogP contribution in [0.1, 0.15) is 51.0 Å². The van der Waals surface area contributed by atoms with Gasteiger partial charge in [-0.1, -0.05) is 50.1 Å². The molecule has 3 rings (SSSR count). The molecule has 2 fully saturated rings. The van der Waals surface area contributed by atoms with E-state index in [1.165, 1.54) is 57.2 Å². The average molecular weight is 347 g/mol. The van der Waals surface area contributed by atoms with Gasteiger partial charge in [0, 0.05) is 30.5 Å². The van der Waals surface area contributed by atoms with Gasteiger partial charge in [0.25, 0.3) is 0 Å². The Balaban J connectivity index is 1.38. The highest BCUT2D eigenvalue weighted by Gasteiger charge is 2.25. The van der Waals surface area contributed by atoms with Gasteiger partial charge in [0.15, 0.2) is 5.11 Å². The lowest BCUT2D eigenvalue weighted by Crippen LogP contribution is -3.12. The Morgan fingerprint density at radius 2 is 1.75 bits per heavy atom. The standard InChI is InChI=1S/C20H31N3S/c1-16-7-5-6-10-19(16)22-20(24)21-18-11-13-23(14-12-18)15-17-8-3-2-4-9-17/h2-4,8-9,16,18-19H,5-7,10-15H2,1H3,(H2,21,22,24)/p+1/t16-,19+/m1/s1. The summed E-state index contributed by atoms with van der Waals surface area (Å²) in [4.78, 5) is 1.69. The van der Waals surface area contributed by atoms with E-state index in [0.717, 1.165) is 17.6 Å². The van der Waals surface area contributed by atoms with Gasteiger partial charge in [-0.2, -0.15) is 0 Å². The lowest BCUT2D eigenvalue weighted by Gasteiger charge is -2.33. The van der Waals surface area contributed by atoms with E-state index in [0.29, 0.717) is 12.1 Å². The van der Waals surface area contributed by atoms with E-state index in [4.69, 9.17) is 12.2 Å². The first-order valence-electron chi connectivity index (χ1n) is 9.65. The van der Waals surface area contributed by atoms with Crippen LogP contribution < -0.4 is 15.5 Å². The minimum Gasteiger partial charge on any atom is -0.360 e. The Labute approximate surface area is 152 Å². The Hall–Kier alpha value is -1.13. The van der Waals surface area contributed by atoms with Crippen molar-refractivity contribution in [1.82, 2.24) is 10.6 Å². The zero-order valence-corrected chi connectivity index (χ0v) is 15.7. The molecule has 0 radical (unpaired) electrons. The first-order chi connectivity index (χ1) is 11.7. The van der Waals surface area contributed by atoms with E-state index < -0.39 is 0 Å². The molecule has 3 N–H and O–H groups in total. The minimum absolute atomic E-state index is 0.545. The number of rotatable bonds is 4. The second kappa shape index (κ2) is 8.82. The first-order valence-corrected chi connectivity index (χ1v) is 10.1. The van der Waals surface area contributed by atoms with Gasteiger partial charge in [-0.15, -0.1) is 0 Å². The van der Waals surface area contributed by atoms with Crippen molar-refractivity contribution in [2.45, 2.75) is 64.1 Å². The molecule has 1 aromatic carbocycles. The first kappa shape index (κ1) is 17.7. The topological polar surface area (TPSA) is 28.5 Å². The molecule has 0 unspecified atom stereocenters. The van der Waals surface area contributed by atoms with Crippen molar-refractivity contribution in [3.8, 4) is 0 Å². The maximum Gasteiger partial charge on any atom is 0.166 e. The van der Waals surface area contributed by atoms with Crippen LogP contribution in [0.25, 0.3) is 0 Å². The lowest BCUT2D eigenvalue weighted by atomic mass is 9.86. The summed E-state index contributed by atoms with van der Waals surface area (Å²) in [5.74, 6) is 0.746. The maximum atomic E-state index is 5.57. The van der Waals surface area contributed by atoms with Crippen molar-refractivity contribution < 1.29 is 4.90 Å². The van der Waals surface area contributed by atoms with Gasteiger partial charge >= 0.3 is 0 Å². The molecule has 132 valence electrons. The molecular weight excluding hydrogens is 314 g/mol. The van der Waals surface area contributed by atoms with Crippen LogP contribution in [0, 0.1) is 5.92 Å². The predicted octanol–water partition coefficient (Wildman–Crippen LogP) is 2.28. The van der Waals surface area contributed by atoms with E-state index in [2.05, 4.69) is 47.9 Å². The molecule has 1 saturated heterocycles. The van der Waals surface area contributed by atoms with Gasteiger partial charge in [-0.25, -0.2) is 0 Å². The molecule has 2 aliphatic rings. The van der Waals surface area contributed by atoms with E-state index in [-0.39, 0.29) is 0 Å². The maximum absolute atomic E-state index is 5.57. The van der Waals surface area contributed by atoms with Crippen LogP contribution in [0.2, 0.25) is 0 Å². The molecule has 0 amide bonds. The van der Waals surface area contributed by atoms with E-state index >= 15 is 0 Å². The second-order valence-electron chi connectivity index (χ2n) is 7.67. The summed E-state index contributed by atoms with van der Waals surface area (Å²) in [5.41, 5.74) is 1.45. The number of piperidine rings is 1. The van der Waals surface area contributed by atoms with Crippen LogP contribution in [0.4, 0.5) is 0 Å². The number of hydrogen-bond acceptors (Lipinski definition) is 1. The molecule has 24 heavy (non-hydrogen) atoms. The number of hydrogen-bond donors (Lipinski definition) is 3. The summed E-state index contributed by atoms with van der Waals surface area (Å²) in [5, 5.41) is 8.04. The summed E-state index contributed by atoms with van der Waals surface area (Å²) >= 11 is 5.57. The molecule has 2 atom stereocenters. The molecule has 3 nitrogen and oxygen atoms in total. The summed E-state index contributed by atoms with van der Waals surface area (Å²) in [6.07, 6.45) is 7.74. The van der Waals surface area contributed by atoms with Crippen LogP contribution in [0.15, 0.2) is 30.3 Å². The van der Waals surface area contributed by atoms with Gasteiger partial charge in [0.1, 0.15) is 6.54 Å². The van der Waals surface area contributed by atoms with Crippen LogP contribution in [-0.4, -0.2) is 30.3 Å². The van der Waals surface area contributed by atoms with Crippen LogP contribution in [0.3, 0.4) is 0 Å². The third-order valence-corrected chi connectivity index (χ3v) is 5.99. The molecule has 4 heteroatoms. The van der Waals surface area contributed by atoms with Crippen molar-refractivity contribution in [3.05, 3.63) is 35.9 Å². The van der Waals surface area contributed by atoms with Gasteiger partial charge < -0.3 is 15.5 Å². The number of thiocarbonyl (C=S) groups is 1. The van der Waals surface area contributed by atoms with Crippen molar-refractivity contribution in [3.63, 3.8) is 0 Å². The summed E-state index contributed by atoms with van der Waals surface area (Å²) in [6, 6.07) is 12.0. The predicted molar refractivity (Wildman–Crippen MR) is 104 cm³/mol. The Bertz CT molecular complexity index is 511. The highest BCUT2D eigenvalue weighted by Crippen LogP contribution is 2.23. The Morgan fingerprint density at radius 3 is 2.46 bits per heavy atom. The van der Waals surface area contributed by atoms with Gasteiger partial charge in [-0.3, -0.25) is 0 Å². The summed E-state index contributed by atoms with van der Waals surface area (Å²) in [7, 11) is 0. The van der Waals surface area contributed by atoms with E-state index in [9.17, 15) is 0 Å². The van der Waals surface area contributed by atoms with Crippen molar-refractivity contribution in [2.75, 3.05) is 13.1 Å². The van der Waals surface area contributed by atoms with Gasteiger partial charge in [-0.05, 0) is 31.0 Å². The number of likely N-dealkylation sites (tertiary alicyclic amines) is 1. The number of quaternary nitrogens is 1. The third-order valence-electron chi connectivity index (χ3n) is 5.75. The average Bonchev–Trinajstić information content (AvgIpc) is 2.60.